The second-order valence-electron chi connectivity index (χ2n) is 11.1. The molecule has 3 fully saturated rings. The van der Waals surface area contributed by atoms with Crippen LogP contribution in [0.1, 0.15) is 59.8 Å². The van der Waals surface area contributed by atoms with Crippen molar-refractivity contribution in [1.82, 2.24) is 0 Å². The molecule has 5 nitrogen and oxygen atoms in total. The maximum absolute atomic E-state index is 17.2. The molecule has 0 heterocycles. The summed E-state index contributed by atoms with van der Waals surface area (Å²) >= 11 is 0. The number of esters is 1. The number of rotatable bonds is 5. The van der Waals surface area contributed by atoms with Crippen LogP contribution < -0.4 is 0 Å². The van der Waals surface area contributed by atoms with Gasteiger partial charge in [-0.3, -0.25) is 14.4 Å². The maximum Gasteiger partial charge on any atom is 0.306 e. The predicted molar refractivity (Wildman–Crippen MR) is 118 cm³/mol. The molecule has 0 spiro atoms. The highest BCUT2D eigenvalue weighted by molar-refractivity contribution is 6.04. The highest BCUT2D eigenvalue weighted by atomic mass is 19.2. The fourth-order valence-corrected chi connectivity index (χ4v) is 8.02. The molecular formula is C26H32F4O5. The van der Waals surface area contributed by atoms with Gasteiger partial charge in [0.2, 0.25) is 11.6 Å². The lowest BCUT2D eigenvalue weighted by Crippen LogP contribution is -2.71. The number of hydrogen-bond acceptors (Lipinski definition) is 5. The number of ether oxygens (including phenoxy) is 1. The number of hydrogen-bond donors (Lipinski definition) is 1. The van der Waals surface area contributed by atoms with Crippen molar-refractivity contribution in [2.45, 2.75) is 83.3 Å². The van der Waals surface area contributed by atoms with Crippen molar-refractivity contribution in [2.75, 3.05) is 6.67 Å². The molecule has 35 heavy (non-hydrogen) atoms. The lowest BCUT2D eigenvalue weighted by atomic mass is 9.44. The van der Waals surface area contributed by atoms with E-state index < -0.39 is 94.2 Å². The maximum atomic E-state index is 17.2. The summed E-state index contributed by atoms with van der Waals surface area (Å²) in [5.74, 6) is -6.77. The van der Waals surface area contributed by atoms with Gasteiger partial charge in [-0.25, -0.2) is 17.6 Å². The lowest BCUT2D eigenvalue weighted by molar-refractivity contribution is -0.231. The topological polar surface area (TPSA) is 80.7 Å². The number of alkyl halides is 3. The Balaban J connectivity index is 1.88. The van der Waals surface area contributed by atoms with Gasteiger partial charge in [0.05, 0.1) is 6.10 Å². The summed E-state index contributed by atoms with van der Waals surface area (Å²) < 4.78 is 67.2. The van der Waals surface area contributed by atoms with E-state index in [1.54, 1.807) is 20.8 Å². The van der Waals surface area contributed by atoms with E-state index in [1.165, 1.54) is 6.92 Å². The number of carbonyl (C=O) groups is 3. The molecular weight excluding hydrogens is 468 g/mol. The Kier molecular flexibility index (Phi) is 6.14. The first-order chi connectivity index (χ1) is 16.3. The second kappa shape index (κ2) is 8.25. The first-order valence-electron chi connectivity index (χ1n) is 12.2. The minimum atomic E-state index is -2.56. The van der Waals surface area contributed by atoms with Crippen molar-refractivity contribution in [2.24, 2.45) is 28.6 Å². The normalized spacial score (nSPS) is 46.7. The third-order valence-electron chi connectivity index (χ3n) is 9.51. The van der Waals surface area contributed by atoms with E-state index in [4.69, 9.17) is 4.74 Å². The number of halogens is 4. The minimum Gasteiger partial charge on any atom is -0.450 e. The monoisotopic (exact) mass is 500 g/mol. The van der Waals surface area contributed by atoms with Gasteiger partial charge in [-0.1, -0.05) is 26.8 Å². The minimum absolute atomic E-state index is 0.00923. The van der Waals surface area contributed by atoms with Gasteiger partial charge < -0.3 is 9.84 Å². The van der Waals surface area contributed by atoms with E-state index in [-0.39, 0.29) is 19.3 Å². The van der Waals surface area contributed by atoms with Crippen LogP contribution in [0.3, 0.4) is 0 Å². The van der Waals surface area contributed by atoms with Crippen LogP contribution in [-0.2, 0) is 19.1 Å². The number of ketones is 2. The van der Waals surface area contributed by atoms with Gasteiger partial charge in [0.25, 0.3) is 0 Å². The van der Waals surface area contributed by atoms with Crippen LogP contribution in [0.4, 0.5) is 17.6 Å². The van der Waals surface area contributed by atoms with Gasteiger partial charge in [-0.15, -0.1) is 0 Å². The van der Waals surface area contributed by atoms with Crippen molar-refractivity contribution in [3.05, 3.63) is 23.6 Å². The molecule has 0 saturated heterocycles. The van der Waals surface area contributed by atoms with Crippen LogP contribution in [0.15, 0.2) is 23.6 Å². The largest absolute Gasteiger partial charge is 0.450 e. The Labute approximate surface area is 202 Å². The second-order valence-corrected chi connectivity index (χ2v) is 11.1. The molecule has 4 aliphatic rings. The smallest absolute Gasteiger partial charge is 0.306 e. The van der Waals surface area contributed by atoms with E-state index in [1.807, 2.05) is 0 Å². The zero-order valence-electron chi connectivity index (χ0n) is 20.4. The number of Topliss-reactive ketones (excluding diaryl/α,β-unsaturated/α-hetero) is 1. The molecule has 1 N–H and O–H groups in total. The first-order valence-corrected chi connectivity index (χ1v) is 12.2. The fourth-order valence-electron chi connectivity index (χ4n) is 8.02. The average molecular weight is 501 g/mol. The van der Waals surface area contributed by atoms with Crippen LogP contribution in [0.5, 0.6) is 0 Å². The molecule has 0 aromatic rings. The third-order valence-corrected chi connectivity index (χ3v) is 9.51. The number of carbonyl (C=O) groups excluding carboxylic acids is 3. The Morgan fingerprint density at radius 3 is 2.49 bits per heavy atom. The molecule has 0 aliphatic heterocycles. The van der Waals surface area contributed by atoms with Crippen LogP contribution in [0.2, 0.25) is 0 Å². The summed E-state index contributed by atoms with van der Waals surface area (Å²) in [6, 6.07) is 0. The Morgan fingerprint density at radius 2 is 1.89 bits per heavy atom. The van der Waals surface area contributed by atoms with Crippen molar-refractivity contribution < 1.29 is 41.8 Å². The zero-order chi connectivity index (χ0) is 26.1. The molecule has 0 unspecified atom stereocenters. The summed E-state index contributed by atoms with van der Waals surface area (Å²) in [6.07, 6.45) is -2.21. The molecule has 194 valence electrons. The SMILES string of the molecule is CCCC(=O)O[C@]1(C(=O)CF)[C@H](C)C[C@H]2[C@@H]3C[C@H](F)C4=C(F)C(=O)C=C[C@]4(C)[C@@]3(F)[C@@H](O)C[C@@]21C. The average Bonchev–Trinajstić information content (AvgIpc) is 3.00. The number of allylic oxidation sites excluding steroid dienone is 4. The predicted octanol–water partition coefficient (Wildman–Crippen LogP) is 4.47. The summed E-state index contributed by atoms with van der Waals surface area (Å²) in [5, 5.41) is 11.3. The van der Waals surface area contributed by atoms with Gasteiger partial charge in [-0.05, 0) is 44.6 Å². The molecule has 4 rings (SSSR count). The van der Waals surface area contributed by atoms with E-state index in [0.717, 1.165) is 12.2 Å². The van der Waals surface area contributed by atoms with Gasteiger partial charge >= 0.3 is 5.97 Å². The Morgan fingerprint density at radius 1 is 1.23 bits per heavy atom. The number of fused-ring (bicyclic) bond motifs is 5. The van der Waals surface area contributed by atoms with Crippen molar-refractivity contribution >= 4 is 17.5 Å². The molecule has 9 atom stereocenters. The molecule has 4 aliphatic carbocycles. The Hall–Kier alpha value is -2.03. The highest BCUT2D eigenvalue weighted by Gasteiger charge is 2.78. The van der Waals surface area contributed by atoms with E-state index in [2.05, 4.69) is 0 Å². The molecule has 0 amide bonds. The van der Waals surface area contributed by atoms with Crippen LogP contribution in [0.25, 0.3) is 0 Å². The lowest BCUT2D eigenvalue weighted by Gasteiger charge is -2.63. The van der Waals surface area contributed by atoms with Crippen molar-refractivity contribution in [1.29, 1.82) is 0 Å². The van der Waals surface area contributed by atoms with Crippen LogP contribution in [0, 0.1) is 28.6 Å². The van der Waals surface area contributed by atoms with Crippen LogP contribution >= 0.6 is 0 Å². The molecule has 0 radical (unpaired) electrons. The standard InChI is InChI=1S/C26H32F4O5/c1-5-6-20(34)35-26(19(33)12-27)13(2)9-14-15-10-16(28)21-22(29)17(31)7-8-23(21,3)25(15,30)18(32)11-24(14,26)4/h7-8,13-16,18,32H,5-6,9-12H2,1-4H3/t13-,14+,15+,16+,18+,23+,24+,25+,26+/m1/s1. The summed E-state index contributed by atoms with van der Waals surface area (Å²) in [7, 11) is 0. The summed E-state index contributed by atoms with van der Waals surface area (Å²) in [6.45, 7) is 4.78. The van der Waals surface area contributed by atoms with Crippen molar-refractivity contribution in [3.63, 3.8) is 0 Å². The van der Waals surface area contributed by atoms with Gasteiger partial charge in [0.15, 0.2) is 23.8 Å². The Bertz CT molecular complexity index is 1030. The third kappa shape index (κ3) is 3.05. The number of aliphatic hydroxyl groups is 1. The highest BCUT2D eigenvalue weighted by Crippen LogP contribution is 2.72. The zero-order valence-corrected chi connectivity index (χ0v) is 20.4. The molecule has 3 saturated carbocycles. The molecule has 0 aromatic carbocycles. The van der Waals surface area contributed by atoms with Gasteiger partial charge in [0, 0.05) is 34.7 Å². The molecule has 0 aromatic heterocycles. The fraction of sp³-hybridized carbons (Fsp3) is 0.731. The van der Waals surface area contributed by atoms with E-state index in [0.29, 0.717) is 6.42 Å². The van der Waals surface area contributed by atoms with Gasteiger partial charge in [0.1, 0.15) is 6.17 Å². The molecule has 9 heteroatoms. The summed E-state index contributed by atoms with van der Waals surface area (Å²) in [5.41, 5.74) is -8.45. The van der Waals surface area contributed by atoms with Crippen LogP contribution in [-0.4, -0.2) is 52.9 Å². The van der Waals surface area contributed by atoms with Gasteiger partial charge in [-0.2, -0.15) is 0 Å². The van der Waals surface area contributed by atoms with E-state index >= 15 is 8.78 Å². The molecule has 0 bridgehead atoms. The number of aliphatic hydroxyl groups excluding tert-OH is 1. The van der Waals surface area contributed by atoms with Crippen molar-refractivity contribution in [3.8, 4) is 0 Å². The quantitative estimate of drug-likeness (QED) is 0.445. The summed E-state index contributed by atoms with van der Waals surface area (Å²) in [4.78, 5) is 37.6. The first kappa shape index (κ1) is 26.0. The van der Waals surface area contributed by atoms with E-state index in [9.17, 15) is 28.3 Å².